The van der Waals surface area contributed by atoms with E-state index in [0.29, 0.717) is 17.8 Å². The minimum absolute atomic E-state index is 0.0313. The van der Waals surface area contributed by atoms with Gasteiger partial charge < -0.3 is 15.0 Å². The Morgan fingerprint density at radius 2 is 1.60 bits per heavy atom. The molecule has 1 N–H and O–H groups in total. The minimum atomic E-state index is -0.125. The summed E-state index contributed by atoms with van der Waals surface area (Å²) in [5.41, 5.74) is 5.16. The lowest BCUT2D eigenvalue weighted by atomic mass is 10.1. The van der Waals surface area contributed by atoms with Gasteiger partial charge in [0.15, 0.2) is 0 Å². The van der Waals surface area contributed by atoms with Gasteiger partial charge in [-0.2, -0.15) is 0 Å². The molecule has 0 bridgehead atoms. The first-order valence-electron chi connectivity index (χ1n) is 12.6. The lowest BCUT2D eigenvalue weighted by Gasteiger charge is -2.29. The highest BCUT2D eigenvalue weighted by molar-refractivity contribution is 5.95. The van der Waals surface area contributed by atoms with Crippen LogP contribution < -0.4 is 10.1 Å². The van der Waals surface area contributed by atoms with Crippen LogP contribution in [0.3, 0.4) is 0 Å². The molecule has 3 aromatic rings. The van der Waals surface area contributed by atoms with E-state index in [9.17, 15) is 9.59 Å². The van der Waals surface area contributed by atoms with Gasteiger partial charge in [0.25, 0.3) is 5.91 Å². The summed E-state index contributed by atoms with van der Waals surface area (Å²) in [6.07, 6.45) is 6.39. The van der Waals surface area contributed by atoms with Crippen LogP contribution in [0.1, 0.15) is 59.7 Å². The third-order valence-corrected chi connectivity index (χ3v) is 7.05. The maximum atomic E-state index is 13.6. The van der Waals surface area contributed by atoms with Crippen molar-refractivity contribution in [1.29, 1.82) is 0 Å². The number of carbonyl (C=O) groups is 2. The molecule has 2 amide bonds. The standard InChI is InChI=1S/C30H32N2O3/c1-21(33)31-26-15-13-23(14-16-26)30(34)32(27-10-4-5-11-27)20-22-7-6-12-28(17-22)35-29-18-24-8-2-3-9-25(24)19-29/h2-3,6-9,12-17,27,29H,4-5,10-11,18-20H2,1H3,(H,31,33). The highest BCUT2D eigenvalue weighted by Crippen LogP contribution is 2.29. The Morgan fingerprint density at radius 1 is 0.914 bits per heavy atom. The minimum Gasteiger partial charge on any atom is -0.490 e. The van der Waals surface area contributed by atoms with Gasteiger partial charge >= 0.3 is 0 Å². The van der Waals surface area contributed by atoms with Crippen molar-refractivity contribution >= 4 is 17.5 Å². The van der Waals surface area contributed by atoms with Gasteiger partial charge in [-0.1, -0.05) is 49.2 Å². The van der Waals surface area contributed by atoms with Crippen LogP contribution in [0, 0.1) is 0 Å². The number of rotatable bonds is 7. The Bertz CT molecular complexity index is 1170. The molecule has 0 spiro atoms. The van der Waals surface area contributed by atoms with Crippen molar-refractivity contribution in [1.82, 2.24) is 4.90 Å². The van der Waals surface area contributed by atoms with Crippen LogP contribution in [-0.4, -0.2) is 28.9 Å². The number of benzene rings is 3. The fourth-order valence-electron chi connectivity index (χ4n) is 5.36. The number of nitrogens with one attached hydrogen (secondary N) is 1. The highest BCUT2D eigenvalue weighted by Gasteiger charge is 2.28. The molecule has 0 radical (unpaired) electrons. The van der Waals surface area contributed by atoms with Gasteiger partial charge in [-0.15, -0.1) is 0 Å². The molecule has 1 saturated carbocycles. The molecule has 5 nitrogen and oxygen atoms in total. The van der Waals surface area contributed by atoms with Gasteiger partial charge in [0.2, 0.25) is 5.91 Å². The van der Waals surface area contributed by atoms with E-state index in [4.69, 9.17) is 4.74 Å². The van der Waals surface area contributed by atoms with Crippen LogP contribution in [0.15, 0.2) is 72.8 Å². The zero-order valence-corrected chi connectivity index (χ0v) is 20.2. The van der Waals surface area contributed by atoms with E-state index in [0.717, 1.165) is 49.8 Å². The lowest BCUT2D eigenvalue weighted by Crippen LogP contribution is -2.38. The maximum absolute atomic E-state index is 13.6. The SMILES string of the molecule is CC(=O)Nc1ccc(C(=O)N(Cc2cccc(OC3Cc4ccccc4C3)c2)C2CCCC2)cc1. The Kier molecular flexibility index (Phi) is 6.84. The summed E-state index contributed by atoms with van der Waals surface area (Å²) in [5.74, 6) is 0.767. The zero-order valence-electron chi connectivity index (χ0n) is 20.2. The van der Waals surface area contributed by atoms with E-state index in [1.54, 1.807) is 24.3 Å². The Labute approximate surface area is 207 Å². The summed E-state index contributed by atoms with van der Waals surface area (Å²) in [7, 11) is 0. The second-order valence-corrected chi connectivity index (χ2v) is 9.69. The number of nitrogens with zero attached hydrogens (tertiary/aromatic N) is 1. The van der Waals surface area contributed by atoms with Crippen molar-refractivity contribution < 1.29 is 14.3 Å². The van der Waals surface area contributed by atoms with Crippen LogP contribution in [0.4, 0.5) is 5.69 Å². The van der Waals surface area contributed by atoms with E-state index in [-0.39, 0.29) is 24.0 Å². The number of hydrogen-bond donors (Lipinski definition) is 1. The average Bonchev–Trinajstić information content (AvgIpc) is 3.52. The van der Waals surface area contributed by atoms with Crippen molar-refractivity contribution in [2.45, 2.75) is 64.1 Å². The van der Waals surface area contributed by atoms with Crippen LogP contribution in [0.2, 0.25) is 0 Å². The summed E-state index contributed by atoms with van der Waals surface area (Å²) < 4.78 is 6.36. The predicted molar refractivity (Wildman–Crippen MR) is 138 cm³/mol. The second kappa shape index (κ2) is 10.3. The molecule has 2 aliphatic rings. The first-order valence-corrected chi connectivity index (χ1v) is 12.6. The summed E-state index contributed by atoms with van der Waals surface area (Å²) in [4.78, 5) is 26.9. The van der Waals surface area contributed by atoms with E-state index < -0.39 is 0 Å². The molecule has 3 aromatic carbocycles. The number of ether oxygens (including phenoxy) is 1. The normalized spacial score (nSPS) is 15.6. The maximum Gasteiger partial charge on any atom is 0.254 e. The average molecular weight is 469 g/mol. The van der Waals surface area contributed by atoms with Crippen molar-refractivity contribution in [3.8, 4) is 5.75 Å². The monoisotopic (exact) mass is 468 g/mol. The van der Waals surface area contributed by atoms with E-state index in [1.165, 1.54) is 18.1 Å². The van der Waals surface area contributed by atoms with Crippen LogP contribution in [0.25, 0.3) is 0 Å². The second-order valence-electron chi connectivity index (χ2n) is 9.69. The largest absolute Gasteiger partial charge is 0.490 e. The van der Waals surface area contributed by atoms with Crippen molar-refractivity contribution in [3.05, 3.63) is 95.1 Å². The molecule has 0 aliphatic heterocycles. The van der Waals surface area contributed by atoms with E-state index in [2.05, 4.69) is 41.7 Å². The van der Waals surface area contributed by atoms with Gasteiger partial charge in [-0.25, -0.2) is 0 Å². The molecule has 5 heteroatoms. The Morgan fingerprint density at radius 3 is 2.26 bits per heavy atom. The van der Waals surface area contributed by atoms with Crippen molar-refractivity contribution in [2.75, 3.05) is 5.32 Å². The molecule has 2 aliphatic carbocycles. The third kappa shape index (κ3) is 5.56. The summed E-state index contributed by atoms with van der Waals surface area (Å²) in [6.45, 7) is 2.03. The van der Waals surface area contributed by atoms with Crippen molar-refractivity contribution in [2.24, 2.45) is 0 Å². The topological polar surface area (TPSA) is 58.6 Å². The molecule has 0 unspecified atom stereocenters. The smallest absolute Gasteiger partial charge is 0.254 e. The van der Waals surface area contributed by atoms with Gasteiger partial charge in [0.05, 0.1) is 0 Å². The van der Waals surface area contributed by atoms with Gasteiger partial charge in [0, 0.05) is 43.6 Å². The van der Waals surface area contributed by atoms with E-state index in [1.807, 2.05) is 17.0 Å². The molecule has 1 fully saturated rings. The highest BCUT2D eigenvalue weighted by atomic mass is 16.5. The molecule has 5 rings (SSSR count). The number of anilines is 1. The molecule has 0 heterocycles. The molecule has 0 saturated heterocycles. The first kappa shape index (κ1) is 23.2. The summed E-state index contributed by atoms with van der Waals surface area (Å²) in [5, 5.41) is 2.76. The Balaban J connectivity index is 1.30. The molecular formula is C30H32N2O3. The number of carbonyl (C=O) groups excluding carboxylic acids is 2. The first-order chi connectivity index (χ1) is 17.0. The zero-order chi connectivity index (χ0) is 24.2. The van der Waals surface area contributed by atoms with Crippen LogP contribution in [0.5, 0.6) is 5.75 Å². The van der Waals surface area contributed by atoms with E-state index >= 15 is 0 Å². The summed E-state index contributed by atoms with van der Waals surface area (Å²) >= 11 is 0. The fourth-order valence-corrected chi connectivity index (χ4v) is 5.36. The van der Waals surface area contributed by atoms with Gasteiger partial charge in [-0.05, 0) is 65.9 Å². The molecule has 0 aromatic heterocycles. The van der Waals surface area contributed by atoms with Gasteiger partial charge in [0.1, 0.15) is 11.9 Å². The fraction of sp³-hybridized carbons (Fsp3) is 0.333. The van der Waals surface area contributed by atoms with Crippen LogP contribution in [-0.2, 0) is 24.2 Å². The molecule has 35 heavy (non-hydrogen) atoms. The quantitative estimate of drug-likeness (QED) is 0.478. The number of amides is 2. The van der Waals surface area contributed by atoms with Gasteiger partial charge in [-0.3, -0.25) is 9.59 Å². The molecular weight excluding hydrogens is 436 g/mol. The van der Waals surface area contributed by atoms with Crippen molar-refractivity contribution in [3.63, 3.8) is 0 Å². The number of fused-ring (bicyclic) bond motifs is 1. The number of hydrogen-bond acceptors (Lipinski definition) is 3. The lowest BCUT2D eigenvalue weighted by molar-refractivity contribution is -0.114. The Hall–Kier alpha value is -3.60. The predicted octanol–water partition coefficient (Wildman–Crippen LogP) is 5.78. The summed E-state index contributed by atoms with van der Waals surface area (Å²) in [6, 6.07) is 24.1. The third-order valence-electron chi connectivity index (χ3n) is 7.05. The van der Waals surface area contributed by atoms with Crippen LogP contribution >= 0.6 is 0 Å². The molecule has 0 atom stereocenters. The molecule has 180 valence electrons.